The minimum absolute atomic E-state index is 0.0364. The van der Waals surface area contributed by atoms with Gasteiger partial charge in [0.1, 0.15) is 5.67 Å². The molecule has 0 aromatic heterocycles. The number of hydrogen-bond donors (Lipinski definition) is 1. The van der Waals surface area contributed by atoms with E-state index in [0.717, 1.165) is 11.1 Å². The van der Waals surface area contributed by atoms with Gasteiger partial charge >= 0.3 is 0 Å². The lowest BCUT2D eigenvalue weighted by molar-refractivity contribution is 0.288. The zero-order valence-electron chi connectivity index (χ0n) is 7.76. The van der Waals surface area contributed by atoms with E-state index in [2.05, 4.69) is 0 Å². The van der Waals surface area contributed by atoms with Crippen molar-refractivity contribution in [1.82, 2.24) is 0 Å². The number of benzene rings is 1. The zero-order chi connectivity index (χ0) is 9.47. The highest BCUT2D eigenvalue weighted by atomic mass is 19.1. The van der Waals surface area contributed by atoms with Gasteiger partial charge in [-0.15, -0.1) is 0 Å². The van der Waals surface area contributed by atoms with Gasteiger partial charge in [0, 0.05) is 5.92 Å². The highest BCUT2D eigenvalue weighted by molar-refractivity contribution is 5.33. The van der Waals surface area contributed by atoms with Gasteiger partial charge in [-0.3, -0.25) is 0 Å². The molecule has 1 aromatic carbocycles. The number of hydrogen-bond acceptors (Lipinski definition) is 1. The zero-order valence-corrected chi connectivity index (χ0v) is 7.76. The first-order valence-electron chi connectivity index (χ1n) is 4.63. The molecule has 0 radical (unpaired) electrons. The average Bonchev–Trinajstić information content (AvgIpc) is 2.79. The Labute approximate surface area is 77.8 Å². The molecule has 0 unspecified atom stereocenters. The molecule has 2 N–H and O–H groups in total. The molecular weight excluding hydrogens is 165 g/mol. The summed E-state index contributed by atoms with van der Waals surface area (Å²) in [5.74, 6) is 0.0364. The van der Waals surface area contributed by atoms with Crippen molar-refractivity contribution < 1.29 is 4.39 Å². The molecule has 1 nitrogen and oxygen atoms in total. The summed E-state index contributed by atoms with van der Waals surface area (Å²) in [5, 5.41) is 0. The number of rotatable bonds is 2. The monoisotopic (exact) mass is 179 g/mol. The lowest BCUT2D eigenvalue weighted by Crippen LogP contribution is -2.10. The minimum atomic E-state index is -1.12. The summed E-state index contributed by atoms with van der Waals surface area (Å²) in [4.78, 5) is 0. The Kier molecular flexibility index (Phi) is 1.88. The molecule has 0 saturated heterocycles. The molecule has 2 rings (SSSR count). The molecule has 0 bridgehead atoms. The molecule has 0 aliphatic heterocycles. The third-order valence-corrected chi connectivity index (χ3v) is 2.81. The Morgan fingerprint density at radius 3 is 2.92 bits per heavy atom. The summed E-state index contributed by atoms with van der Waals surface area (Å²) < 4.78 is 14.0. The van der Waals surface area contributed by atoms with Crippen LogP contribution in [0.3, 0.4) is 0 Å². The van der Waals surface area contributed by atoms with Gasteiger partial charge in [0.15, 0.2) is 0 Å². The molecule has 2 heteroatoms. The maximum Gasteiger partial charge on any atom is 0.140 e. The fourth-order valence-corrected chi connectivity index (χ4v) is 1.83. The molecule has 1 aromatic rings. The fraction of sp³-hybridized carbons (Fsp3) is 0.455. The highest BCUT2D eigenvalue weighted by Crippen LogP contribution is 2.54. The van der Waals surface area contributed by atoms with E-state index in [4.69, 9.17) is 5.73 Å². The predicted molar refractivity (Wildman–Crippen MR) is 51.1 cm³/mol. The third kappa shape index (κ3) is 1.35. The van der Waals surface area contributed by atoms with Gasteiger partial charge in [-0.05, 0) is 25.5 Å². The van der Waals surface area contributed by atoms with Crippen LogP contribution in [0.4, 0.5) is 4.39 Å². The smallest absolute Gasteiger partial charge is 0.140 e. The van der Waals surface area contributed by atoms with Crippen molar-refractivity contribution in [2.45, 2.75) is 19.0 Å². The van der Waals surface area contributed by atoms with Gasteiger partial charge in [0.05, 0.1) is 0 Å². The summed E-state index contributed by atoms with van der Waals surface area (Å²) in [7, 11) is 0. The van der Waals surface area contributed by atoms with Crippen LogP contribution in [0.2, 0.25) is 0 Å². The molecule has 13 heavy (non-hydrogen) atoms. The Morgan fingerprint density at radius 1 is 1.62 bits per heavy atom. The second-order valence-corrected chi connectivity index (χ2v) is 3.87. The molecule has 1 aliphatic carbocycles. The molecule has 1 aliphatic rings. The number of halogens is 1. The molecule has 0 amide bonds. The maximum atomic E-state index is 14.0. The molecule has 1 fully saturated rings. The summed E-state index contributed by atoms with van der Waals surface area (Å²) >= 11 is 0. The largest absolute Gasteiger partial charge is 0.330 e. The van der Waals surface area contributed by atoms with Crippen molar-refractivity contribution in [3.05, 3.63) is 35.4 Å². The van der Waals surface area contributed by atoms with Crippen LogP contribution in [-0.2, 0) is 5.67 Å². The number of alkyl halides is 1. The third-order valence-electron chi connectivity index (χ3n) is 2.81. The molecule has 70 valence electrons. The van der Waals surface area contributed by atoms with Crippen LogP contribution < -0.4 is 5.73 Å². The summed E-state index contributed by atoms with van der Waals surface area (Å²) in [6.07, 6.45) is 0.590. The standard InChI is InChI=1S/C11H14FN/c1-8-3-2-4-9(5-8)11(12)6-10(11)7-13/h2-5,10H,6-7,13H2,1H3/t10-,11+/m0/s1. The first-order chi connectivity index (χ1) is 6.16. The van der Waals surface area contributed by atoms with Crippen LogP contribution in [0, 0.1) is 12.8 Å². The highest BCUT2D eigenvalue weighted by Gasteiger charge is 2.55. The molecule has 1 saturated carbocycles. The van der Waals surface area contributed by atoms with Gasteiger partial charge in [-0.1, -0.05) is 29.8 Å². The minimum Gasteiger partial charge on any atom is -0.330 e. The number of aryl methyl sites for hydroxylation is 1. The fourth-order valence-electron chi connectivity index (χ4n) is 1.83. The average molecular weight is 179 g/mol. The van der Waals surface area contributed by atoms with E-state index in [1.165, 1.54) is 0 Å². The van der Waals surface area contributed by atoms with Crippen molar-refractivity contribution in [2.75, 3.05) is 6.54 Å². The van der Waals surface area contributed by atoms with E-state index in [-0.39, 0.29) is 5.92 Å². The molecule has 0 spiro atoms. The second kappa shape index (κ2) is 2.81. The Morgan fingerprint density at radius 2 is 2.38 bits per heavy atom. The van der Waals surface area contributed by atoms with E-state index in [1.54, 1.807) is 0 Å². The van der Waals surface area contributed by atoms with E-state index in [9.17, 15) is 4.39 Å². The number of nitrogens with two attached hydrogens (primary N) is 1. The maximum absolute atomic E-state index is 14.0. The summed E-state index contributed by atoms with van der Waals surface area (Å²) in [6.45, 7) is 2.43. The van der Waals surface area contributed by atoms with E-state index >= 15 is 0 Å². The van der Waals surface area contributed by atoms with Crippen LogP contribution >= 0.6 is 0 Å². The molecule has 0 heterocycles. The SMILES string of the molecule is Cc1cccc([C@]2(F)C[C@H]2CN)c1. The first-order valence-corrected chi connectivity index (χ1v) is 4.63. The topological polar surface area (TPSA) is 26.0 Å². The van der Waals surface area contributed by atoms with Crippen LogP contribution in [-0.4, -0.2) is 6.54 Å². The van der Waals surface area contributed by atoms with Crippen LogP contribution in [0.5, 0.6) is 0 Å². The van der Waals surface area contributed by atoms with E-state index in [0.29, 0.717) is 13.0 Å². The lowest BCUT2D eigenvalue weighted by atomic mass is 10.0. The van der Waals surface area contributed by atoms with Crippen molar-refractivity contribution in [1.29, 1.82) is 0 Å². The summed E-state index contributed by atoms with van der Waals surface area (Å²) in [6, 6.07) is 7.64. The quantitative estimate of drug-likeness (QED) is 0.739. The van der Waals surface area contributed by atoms with Crippen molar-refractivity contribution in [2.24, 2.45) is 11.7 Å². The van der Waals surface area contributed by atoms with Crippen molar-refractivity contribution >= 4 is 0 Å². The first kappa shape index (κ1) is 8.70. The Hall–Kier alpha value is -0.890. The molecular formula is C11H14FN. The van der Waals surface area contributed by atoms with Crippen LogP contribution in [0.15, 0.2) is 24.3 Å². The van der Waals surface area contributed by atoms with Crippen molar-refractivity contribution in [3.8, 4) is 0 Å². The van der Waals surface area contributed by atoms with Gasteiger partial charge in [-0.2, -0.15) is 0 Å². The predicted octanol–water partition coefficient (Wildman–Crippen LogP) is 2.14. The van der Waals surface area contributed by atoms with Gasteiger partial charge in [-0.25, -0.2) is 4.39 Å². The Balaban J connectivity index is 2.27. The van der Waals surface area contributed by atoms with Gasteiger partial charge in [0.25, 0.3) is 0 Å². The second-order valence-electron chi connectivity index (χ2n) is 3.87. The van der Waals surface area contributed by atoms with Crippen LogP contribution in [0.1, 0.15) is 17.5 Å². The van der Waals surface area contributed by atoms with Gasteiger partial charge < -0.3 is 5.73 Å². The van der Waals surface area contributed by atoms with Crippen molar-refractivity contribution in [3.63, 3.8) is 0 Å². The molecule has 2 atom stereocenters. The van der Waals surface area contributed by atoms with Gasteiger partial charge in [0.2, 0.25) is 0 Å². The van der Waals surface area contributed by atoms with E-state index < -0.39 is 5.67 Å². The van der Waals surface area contributed by atoms with Crippen LogP contribution in [0.25, 0.3) is 0 Å². The lowest BCUT2D eigenvalue weighted by Gasteiger charge is -2.07. The van der Waals surface area contributed by atoms with E-state index in [1.807, 2.05) is 31.2 Å². The normalized spacial score (nSPS) is 31.8. The Bertz CT molecular complexity index is 324. The summed E-state index contributed by atoms with van der Waals surface area (Å²) in [5.41, 5.74) is 6.22.